The van der Waals surface area contributed by atoms with E-state index in [0.29, 0.717) is 0 Å². The van der Waals surface area contributed by atoms with Crippen molar-refractivity contribution in [3.05, 3.63) is 16.5 Å². The van der Waals surface area contributed by atoms with Crippen LogP contribution in [0.25, 0.3) is 0 Å². The molecule has 0 aliphatic carbocycles. The lowest BCUT2D eigenvalue weighted by atomic mass is 9.89. The number of nitrogens with zero attached hydrogens (tertiary/aromatic N) is 2. The van der Waals surface area contributed by atoms with Crippen LogP contribution in [-0.2, 0) is 9.59 Å². The number of halogens is 2. The van der Waals surface area contributed by atoms with Crippen LogP contribution in [0.4, 0.5) is 5.82 Å². The molecule has 0 bridgehead atoms. The van der Waals surface area contributed by atoms with Gasteiger partial charge in [0.1, 0.15) is 11.3 Å². The fourth-order valence-corrected chi connectivity index (χ4v) is 1.37. The molecule has 0 aliphatic heterocycles. The maximum atomic E-state index is 11.7. The molecule has 0 saturated heterocycles. The number of hydrogen-bond acceptors (Lipinski definition) is 4. The summed E-state index contributed by atoms with van der Waals surface area (Å²) in [5.74, 6) is -1.52. The maximum Gasteiger partial charge on any atom is 0.309 e. The third-order valence-electron chi connectivity index (χ3n) is 2.19. The van der Waals surface area contributed by atoms with Crippen molar-refractivity contribution in [3.63, 3.8) is 0 Å². The third-order valence-corrected chi connectivity index (χ3v) is 2.93. The number of rotatable bonds is 4. The van der Waals surface area contributed by atoms with E-state index in [4.69, 9.17) is 28.3 Å². The van der Waals surface area contributed by atoms with Crippen molar-refractivity contribution in [2.75, 3.05) is 5.32 Å². The average molecular weight is 292 g/mol. The molecule has 98 valence electrons. The van der Waals surface area contributed by atoms with Crippen LogP contribution in [-0.4, -0.2) is 27.0 Å². The van der Waals surface area contributed by atoms with Gasteiger partial charge in [0, 0.05) is 6.42 Å². The largest absolute Gasteiger partial charge is 0.481 e. The van der Waals surface area contributed by atoms with Gasteiger partial charge in [0.05, 0.1) is 5.41 Å². The number of aliphatic carboxylic acids is 1. The first-order chi connectivity index (χ1) is 8.24. The van der Waals surface area contributed by atoms with E-state index in [-0.39, 0.29) is 22.4 Å². The molecule has 0 fully saturated rings. The molecule has 0 radical (unpaired) electrons. The monoisotopic (exact) mass is 291 g/mol. The molecule has 1 rings (SSSR count). The van der Waals surface area contributed by atoms with Crippen molar-refractivity contribution in [1.29, 1.82) is 0 Å². The van der Waals surface area contributed by atoms with E-state index in [1.54, 1.807) is 0 Å². The first kappa shape index (κ1) is 14.7. The number of carbonyl (C=O) groups excluding carboxylic acids is 1. The molecule has 0 aromatic carbocycles. The predicted molar refractivity (Wildman–Crippen MR) is 66.7 cm³/mol. The summed E-state index contributed by atoms with van der Waals surface area (Å²) in [4.78, 5) is 29.9. The lowest BCUT2D eigenvalue weighted by Crippen LogP contribution is -2.29. The van der Waals surface area contributed by atoms with Gasteiger partial charge in [0.25, 0.3) is 0 Å². The number of carboxylic acid groups (broad SMARTS) is 1. The first-order valence-electron chi connectivity index (χ1n) is 4.93. The van der Waals surface area contributed by atoms with Gasteiger partial charge in [0.15, 0.2) is 11.0 Å². The molecule has 6 nitrogen and oxygen atoms in total. The molecule has 1 aromatic heterocycles. The molecule has 18 heavy (non-hydrogen) atoms. The second-order valence-corrected chi connectivity index (χ2v) is 4.98. The zero-order valence-electron chi connectivity index (χ0n) is 9.70. The van der Waals surface area contributed by atoms with Crippen molar-refractivity contribution in [2.45, 2.75) is 20.3 Å². The number of carbonyl (C=O) groups is 2. The Morgan fingerprint density at radius 1 is 1.39 bits per heavy atom. The van der Waals surface area contributed by atoms with Crippen molar-refractivity contribution in [3.8, 4) is 0 Å². The fourth-order valence-electron chi connectivity index (χ4n) is 1.09. The number of hydrogen-bond donors (Lipinski definition) is 2. The predicted octanol–water partition coefficient (Wildman–Crippen LogP) is 2.22. The van der Waals surface area contributed by atoms with Crippen LogP contribution in [0.3, 0.4) is 0 Å². The van der Waals surface area contributed by atoms with E-state index in [2.05, 4.69) is 15.3 Å². The first-order valence-corrected chi connectivity index (χ1v) is 5.69. The van der Waals surface area contributed by atoms with Gasteiger partial charge >= 0.3 is 5.97 Å². The Labute approximate surface area is 113 Å². The minimum atomic E-state index is -1.17. The van der Waals surface area contributed by atoms with Gasteiger partial charge in [-0.1, -0.05) is 23.2 Å². The average Bonchev–Trinajstić information content (AvgIpc) is 2.23. The van der Waals surface area contributed by atoms with Gasteiger partial charge in [0.2, 0.25) is 5.91 Å². The van der Waals surface area contributed by atoms with Crippen molar-refractivity contribution < 1.29 is 14.7 Å². The van der Waals surface area contributed by atoms with Gasteiger partial charge in [-0.05, 0) is 13.8 Å². The third kappa shape index (κ3) is 3.54. The highest BCUT2D eigenvalue weighted by molar-refractivity contribution is 6.42. The summed E-state index contributed by atoms with van der Waals surface area (Å²) < 4.78 is 0. The van der Waals surface area contributed by atoms with E-state index in [1.807, 2.05) is 0 Å². The molecule has 0 unspecified atom stereocenters. The number of anilines is 1. The summed E-state index contributed by atoms with van der Waals surface area (Å²) in [5.41, 5.74) is -1.17. The van der Waals surface area contributed by atoms with Crippen LogP contribution in [0.5, 0.6) is 0 Å². The minimum Gasteiger partial charge on any atom is -0.481 e. The summed E-state index contributed by atoms with van der Waals surface area (Å²) >= 11 is 11.4. The molecule has 1 aromatic rings. The van der Waals surface area contributed by atoms with Gasteiger partial charge in [-0.15, -0.1) is 0 Å². The van der Waals surface area contributed by atoms with Crippen molar-refractivity contribution in [2.24, 2.45) is 5.41 Å². The Balaban J connectivity index is 2.77. The molecule has 1 amide bonds. The molecule has 0 aliphatic rings. The number of amides is 1. The van der Waals surface area contributed by atoms with Crippen LogP contribution < -0.4 is 5.32 Å². The van der Waals surface area contributed by atoms with Crippen LogP contribution in [0.2, 0.25) is 10.2 Å². The summed E-state index contributed by atoms with van der Waals surface area (Å²) in [6.45, 7) is 2.90. The van der Waals surface area contributed by atoms with Gasteiger partial charge < -0.3 is 10.4 Å². The molecule has 0 atom stereocenters. The molecule has 0 saturated carbocycles. The topological polar surface area (TPSA) is 92.2 Å². The van der Waals surface area contributed by atoms with E-state index in [1.165, 1.54) is 13.8 Å². The summed E-state index contributed by atoms with van der Waals surface area (Å²) in [5, 5.41) is 11.3. The highest BCUT2D eigenvalue weighted by Gasteiger charge is 2.30. The zero-order valence-corrected chi connectivity index (χ0v) is 11.2. The molecule has 2 N–H and O–H groups in total. The van der Waals surface area contributed by atoms with Crippen LogP contribution in [0, 0.1) is 5.41 Å². The van der Waals surface area contributed by atoms with E-state index < -0.39 is 17.3 Å². The van der Waals surface area contributed by atoms with E-state index in [0.717, 1.165) is 6.33 Å². The van der Waals surface area contributed by atoms with Crippen molar-refractivity contribution in [1.82, 2.24) is 9.97 Å². The summed E-state index contributed by atoms with van der Waals surface area (Å²) in [6, 6.07) is 0. The molecule has 0 spiro atoms. The quantitative estimate of drug-likeness (QED) is 0.830. The fraction of sp³-hybridized carbons (Fsp3) is 0.400. The highest BCUT2D eigenvalue weighted by atomic mass is 35.5. The van der Waals surface area contributed by atoms with Crippen molar-refractivity contribution >= 4 is 40.9 Å². The molecular weight excluding hydrogens is 281 g/mol. The Kier molecular flexibility index (Phi) is 4.48. The van der Waals surface area contributed by atoms with Gasteiger partial charge in [-0.3, -0.25) is 9.59 Å². The minimum absolute atomic E-state index is 0.0134. The van der Waals surface area contributed by atoms with Gasteiger partial charge in [-0.2, -0.15) is 0 Å². The lowest BCUT2D eigenvalue weighted by molar-refractivity contribution is -0.148. The maximum absolute atomic E-state index is 11.7. The van der Waals surface area contributed by atoms with Crippen LogP contribution >= 0.6 is 23.2 Å². The summed E-state index contributed by atoms with van der Waals surface area (Å²) in [6.07, 6.45) is 0.937. The SMILES string of the molecule is CC(C)(CC(=O)Nc1ncnc(Cl)c1Cl)C(=O)O. The Morgan fingerprint density at radius 2 is 2.00 bits per heavy atom. The second kappa shape index (κ2) is 5.49. The normalized spacial score (nSPS) is 11.1. The molecule has 1 heterocycles. The number of carboxylic acids is 1. The van der Waals surface area contributed by atoms with Gasteiger partial charge in [-0.25, -0.2) is 9.97 Å². The standard InChI is InChI=1S/C10H11Cl2N3O3/c1-10(2,9(17)18)3-5(16)15-8-6(11)7(12)13-4-14-8/h4H,3H2,1-2H3,(H,17,18)(H,13,14,15,16). The number of nitrogens with one attached hydrogen (secondary N) is 1. The second-order valence-electron chi connectivity index (χ2n) is 4.24. The zero-order chi connectivity index (χ0) is 13.9. The van der Waals surface area contributed by atoms with E-state index in [9.17, 15) is 9.59 Å². The molecular formula is C10H11Cl2N3O3. The Bertz CT molecular complexity index is 491. The Hall–Kier alpha value is -1.40. The van der Waals surface area contributed by atoms with Crippen LogP contribution in [0.1, 0.15) is 20.3 Å². The number of aromatic nitrogens is 2. The van der Waals surface area contributed by atoms with E-state index >= 15 is 0 Å². The molecule has 8 heteroatoms. The Morgan fingerprint density at radius 3 is 2.56 bits per heavy atom. The summed E-state index contributed by atoms with van der Waals surface area (Å²) in [7, 11) is 0. The lowest BCUT2D eigenvalue weighted by Gasteiger charge is -2.18. The smallest absolute Gasteiger partial charge is 0.309 e. The highest BCUT2D eigenvalue weighted by Crippen LogP contribution is 2.27. The van der Waals surface area contributed by atoms with Crippen LogP contribution in [0.15, 0.2) is 6.33 Å².